The van der Waals surface area contributed by atoms with Crippen LogP contribution in [-0.4, -0.2) is 75.1 Å². The van der Waals surface area contributed by atoms with E-state index in [1.54, 1.807) is 7.11 Å². The molecule has 1 heterocycles. The zero-order valence-corrected chi connectivity index (χ0v) is 22.2. The molecule has 3 rings (SSSR count). The van der Waals surface area contributed by atoms with Crippen LogP contribution in [0.2, 0.25) is 0 Å². The van der Waals surface area contributed by atoms with E-state index >= 15 is 0 Å². The van der Waals surface area contributed by atoms with Gasteiger partial charge in [-0.2, -0.15) is 0 Å². The van der Waals surface area contributed by atoms with Crippen LogP contribution in [0.3, 0.4) is 0 Å². The van der Waals surface area contributed by atoms with Gasteiger partial charge in [0.25, 0.3) is 0 Å². The van der Waals surface area contributed by atoms with Crippen LogP contribution in [-0.2, 0) is 19.6 Å². The highest BCUT2D eigenvalue weighted by Gasteiger charge is 2.12. The van der Waals surface area contributed by atoms with E-state index in [9.17, 15) is 0 Å². The second-order valence-corrected chi connectivity index (χ2v) is 8.35. The Balaban J connectivity index is 0.00000363. The molecule has 0 radical (unpaired) electrons. The number of ether oxygens (including phenoxy) is 1. The third kappa shape index (κ3) is 8.26. The molecule has 1 aliphatic heterocycles. The highest BCUT2D eigenvalue weighted by atomic mass is 127. The van der Waals surface area contributed by atoms with Crippen molar-refractivity contribution in [2.24, 2.45) is 4.99 Å². The van der Waals surface area contributed by atoms with Crippen molar-refractivity contribution in [1.82, 2.24) is 20.0 Å². The van der Waals surface area contributed by atoms with E-state index in [4.69, 9.17) is 4.74 Å². The standard InChI is InChI=1S/C25H37N5O.HI/c1-26-25(29(3)19-22-10-12-24(31-4)13-11-22)27-18-21-6-8-23(9-7-21)20-30-15-5-14-28(2)16-17-30;/h6-13H,5,14-20H2,1-4H3,(H,26,27);1H. The number of guanidine groups is 1. The molecule has 1 saturated heterocycles. The first-order valence-corrected chi connectivity index (χ1v) is 11.1. The molecular weight excluding hydrogens is 513 g/mol. The Morgan fingerprint density at radius 3 is 2.28 bits per heavy atom. The molecule has 1 N–H and O–H groups in total. The van der Waals surface area contributed by atoms with E-state index in [0.717, 1.165) is 44.4 Å². The first-order chi connectivity index (χ1) is 15.1. The Labute approximate surface area is 210 Å². The molecule has 1 fully saturated rings. The lowest BCUT2D eigenvalue weighted by Crippen LogP contribution is -2.38. The Morgan fingerprint density at radius 1 is 0.969 bits per heavy atom. The Kier molecular flexibility index (Phi) is 11.3. The van der Waals surface area contributed by atoms with Gasteiger partial charge in [0.2, 0.25) is 0 Å². The first kappa shape index (κ1) is 26.4. The quantitative estimate of drug-likeness (QED) is 0.324. The van der Waals surface area contributed by atoms with Gasteiger partial charge < -0.3 is 19.9 Å². The lowest BCUT2D eigenvalue weighted by molar-refractivity contribution is 0.269. The van der Waals surface area contributed by atoms with Crippen LogP contribution in [0.25, 0.3) is 0 Å². The largest absolute Gasteiger partial charge is 0.497 e. The fourth-order valence-corrected chi connectivity index (χ4v) is 3.92. The molecule has 0 atom stereocenters. The van der Waals surface area contributed by atoms with E-state index in [1.165, 1.54) is 36.2 Å². The van der Waals surface area contributed by atoms with E-state index < -0.39 is 0 Å². The average Bonchev–Trinajstić information content (AvgIpc) is 2.99. The van der Waals surface area contributed by atoms with Crippen molar-refractivity contribution in [3.05, 3.63) is 65.2 Å². The summed E-state index contributed by atoms with van der Waals surface area (Å²) in [5.74, 6) is 1.76. The topological polar surface area (TPSA) is 43.3 Å². The highest BCUT2D eigenvalue weighted by Crippen LogP contribution is 2.13. The van der Waals surface area contributed by atoms with Gasteiger partial charge in [-0.1, -0.05) is 36.4 Å². The lowest BCUT2D eigenvalue weighted by Gasteiger charge is -2.22. The summed E-state index contributed by atoms with van der Waals surface area (Å²) >= 11 is 0. The molecule has 0 spiro atoms. The fraction of sp³-hybridized carbons (Fsp3) is 0.480. The lowest BCUT2D eigenvalue weighted by atomic mass is 10.1. The van der Waals surface area contributed by atoms with E-state index in [2.05, 4.69) is 75.5 Å². The highest BCUT2D eigenvalue weighted by molar-refractivity contribution is 14.0. The van der Waals surface area contributed by atoms with E-state index in [0.29, 0.717) is 0 Å². The Morgan fingerprint density at radius 2 is 1.62 bits per heavy atom. The van der Waals surface area contributed by atoms with Gasteiger partial charge in [0.05, 0.1) is 7.11 Å². The van der Waals surface area contributed by atoms with Gasteiger partial charge in [0.1, 0.15) is 5.75 Å². The molecule has 0 amide bonds. The maximum Gasteiger partial charge on any atom is 0.193 e. The van der Waals surface area contributed by atoms with Crippen molar-refractivity contribution in [2.75, 3.05) is 54.4 Å². The number of nitrogens with zero attached hydrogens (tertiary/aromatic N) is 4. The van der Waals surface area contributed by atoms with Crippen molar-refractivity contribution < 1.29 is 4.74 Å². The molecule has 1 aliphatic rings. The number of hydrogen-bond acceptors (Lipinski definition) is 4. The van der Waals surface area contributed by atoms with Crippen LogP contribution in [0.4, 0.5) is 0 Å². The third-order valence-electron chi connectivity index (χ3n) is 5.84. The monoisotopic (exact) mass is 551 g/mol. The third-order valence-corrected chi connectivity index (χ3v) is 5.84. The summed E-state index contributed by atoms with van der Waals surface area (Å²) in [7, 11) is 7.79. The summed E-state index contributed by atoms with van der Waals surface area (Å²) in [6.45, 7) is 7.28. The predicted octanol–water partition coefficient (Wildman–Crippen LogP) is 3.66. The van der Waals surface area contributed by atoms with Crippen LogP contribution >= 0.6 is 24.0 Å². The van der Waals surface area contributed by atoms with E-state index in [1.807, 2.05) is 19.2 Å². The van der Waals surface area contributed by atoms with Gasteiger partial charge in [-0.25, -0.2) is 0 Å². The number of nitrogens with one attached hydrogen (secondary N) is 1. The van der Waals surface area contributed by atoms with E-state index in [-0.39, 0.29) is 24.0 Å². The van der Waals surface area contributed by atoms with Gasteiger partial charge in [0.15, 0.2) is 5.96 Å². The zero-order chi connectivity index (χ0) is 22.1. The zero-order valence-electron chi connectivity index (χ0n) is 19.9. The predicted molar refractivity (Wildman–Crippen MR) is 144 cm³/mol. The summed E-state index contributed by atoms with van der Waals surface area (Å²) in [5, 5.41) is 3.48. The van der Waals surface area contributed by atoms with Gasteiger partial charge in [-0.05, 0) is 55.4 Å². The normalized spacial score (nSPS) is 15.6. The number of halogens is 1. The Bertz CT molecular complexity index is 825. The van der Waals surface area contributed by atoms with Crippen molar-refractivity contribution in [3.8, 4) is 5.75 Å². The van der Waals surface area contributed by atoms with Crippen LogP contribution < -0.4 is 10.1 Å². The molecular formula is C25H38IN5O. The summed E-state index contributed by atoms with van der Waals surface area (Å²) in [4.78, 5) is 11.6. The van der Waals surface area contributed by atoms with Crippen LogP contribution in [0, 0.1) is 0 Å². The number of likely N-dealkylation sites (N-methyl/N-ethyl adjacent to an activating group) is 1. The van der Waals surface area contributed by atoms with Crippen LogP contribution in [0.5, 0.6) is 5.75 Å². The van der Waals surface area contributed by atoms with Crippen LogP contribution in [0.15, 0.2) is 53.5 Å². The number of aliphatic imine (C=N–C) groups is 1. The molecule has 0 aliphatic carbocycles. The molecule has 2 aromatic carbocycles. The summed E-state index contributed by atoms with van der Waals surface area (Å²) in [6.07, 6.45) is 1.25. The molecule has 176 valence electrons. The SMILES string of the molecule is CN=C(NCc1ccc(CN2CCCN(C)CC2)cc1)N(C)Cc1ccc(OC)cc1.I. The molecule has 0 bridgehead atoms. The second-order valence-electron chi connectivity index (χ2n) is 8.35. The first-order valence-electron chi connectivity index (χ1n) is 11.1. The van der Waals surface area contributed by atoms with Crippen LogP contribution in [0.1, 0.15) is 23.1 Å². The molecule has 2 aromatic rings. The number of hydrogen-bond donors (Lipinski definition) is 1. The molecule has 7 heteroatoms. The van der Waals surface area contributed by atoms with Gasteiger partial charge in [-0.15, -0.1) is 24.0 Å². The minimum Gasteiger partial charge on any atom is -0.497 e. The van der Waals surface area contributed by atoms with Gasteiger partial charge in [-0.3, -0.25) is 9.89 Å². The van der Waals surface area contributed by atoms with Crippen molar-refractivity contribution >= 4 is 29.9 Å². The molecule has 0 unspecified atom stereocenters. The molecule has 0 saturated carbocycles. The second kappa shape index (κ2) is 13.6. The maximum absolute atomic E-state index is 5.24. The van der Waals surface area contributed by atoms with Crippen molar-refractivity contribution in [3.63, 3.8) is 0 Å². The van der Waals surface area contributed by atoms with Crippen molar-refractivity contribution in [2.45, 2.75) is 26.1 Å². The minimum atomic E-state index is 0. The summed E-state index contributed by atoms with van der Waals surface area (Å²) in [6, 6.07) is 17.1. The average molecular weight is 552 g/mol. The van der Waals surface area contributed by atoms with Gasteiger partial charge >= 0.3 is 0 Å². The molecule has 32 heavy (non-hydrogen) atoms. The maximum atomic E-state index is 5.24. The fourth-order valence-electron chi connectivity index (χ4n) is 3.92. The Hall–Kier alpha value is -1.84. The van der Waals surface area contributed by atoms with Gasteiger partial charge in [0, 0.05) is 46.8 Å². The molecule has 6 nitrogen and oxygen atoms in total. The minimum absolute atomic E-state index is 0. The molecule has 0 aromatic heterocycles. The summed E-state index contributed by atoms with van der Waals surface area (Å²) < 4.78 is 5.24. The number of methoxy groups -OCH3 is 1. The number of benzene rings is 2. The smallest absolute Gasteiger partial charge is 0.193 e. The number of rotatable bonds is 7. The summed E-state index contributed by atoms with van der Waals surface area (Å²) in [5.41, 5.74) is 3.86. The van der Waals surface area contributed by atoms with Crippen molar-refractivity contribution in [1.29, 1.82) is 0 Å².